The first-order valence-corrected chi connectivity index (χ1v) is 9.21. The van der Waals surface area contributed by atoms with Gasteiger partial charge in [-0.1, -0.05) is 19.1 Å². The SMILES string of the molecule is CCCOc1ccc(C(=O)Nc2ccc(Oc3ccccc3OC)nc2)cc1N. The zero-order valence-corrected chi connectivity index (χ0v) is 16.3. The van der Waals surface area contributed by atoms with Gasteiger partial charge in [-0.15, -0.1) is 0 Å². The fourth-order valence-corrected chi connectivity index (χ4v) is 2.57. The van der Waals surface area contributed by atoms with Gasteiger partial charge < -0.3 is 25.3 Å². The van der Waals surface area contributed by atoms with Crippen LogP contribution in [0, 0.1) is 0 Å². The molecule has 3 rings (SSSR count). The number of nitrogen functional groups attached to an aromatic ring is 1. The zero-order valence-electron chi connectivity index (χ0n) is 16.3. The number of amides is 1. The maximum Gasteiger partial charge on any atom is 0.255 e. The number of hydrogen-bond donors (Lipinski definition) is 2. The number of rotatable bonds is 8. The Morgan fingerprint density at radius 3 is 2.52 bits per heavy atom. The summed E-state index contributed by atoms with van der Waals surface area (Å²) in [6, 6.07) is 15.6. The van der Waals surface area contributed by atoms with Gasteiger partial charge in [0.25, 0.3) is 5.91 Å². The Balaban J connectivity index is 1.65. The third-order valence-electron chi connectivity index (χ3n) is 4.01. The number of hydrogen-bond acceptors (Lipinski definition) is 6. The number of para-hydroxylation sites is 2. The maximum atomic E-state index is 12.5. The van der Waals surface area contributed by atoms with Crippen molar-refractivity contribution in [3.8, 4) is 23.1 Å². The fourth-order valence-electron chi connectivity index (χ4n) is 2.57. The van der Waals surface area contributed by atoms with Gasteiger partial charge in [0, 0.05) is 11.6 Å². The van der Waals surface area contributed by atoms with E-state index in [1.807, 2.05) is 19.1 Å². The van der Waals surface area contributed by atoms with Crippen LogP contribution in [0.5, 0.6) is 23.1 Å². The third-order valence-corrected chi connectivity index (χ3v) is 4.01. The maximum absolute atomic E-state index is 12.5. The quantitative estimate of drug-likeness (QED) is 0.547. The summed E-state index contributed by atoms with van der Waals surface area (Å²) in [5.41, 5.74) is 7.35. The van der Waals surface area contributed by atoms with Crippen molar-refractivity contribution < 1.29 is 19.0 Å². The van der Waals surface area contributed by atoms with Crippen LogP contribution in [-0.4, -0.2) is 24.6 Å². The molecule has 0 spiro atoms. The summed E-state index contributed by atoms with van der Waals surface area (Å²) in [5, 5.41) is 2.78. The van der Waals surface area contributed by atoms with E-state index in [1.54, 1.807) is 49.6 Å². The molecule has 7 heteroatoms. The highest BCUT2D eigenvalue weighted by molar-refractivity contribution is 6.04. The van der Waals surface area contributed by atoms with E-state index < -0.39 is 0 Å². The van der Waals surface area contributed by atoms with Gasteiger partial charge in [-0.2, -0.15) is 0 Å². The molecule has 0 bridgehead atoms. The zero-order chi connectivity index (χ0) is 20.6. The summed E-state index contributed by atoms with van der Waals surface area (Å²) >= 11 is 0. The highest BCUT2D eigenvalue weighted by Crippen LogP contribution is 2.30. The minimum Gasteiger partial charge on any atom is -0.493 e. The smallest absolute Gasteiger partial charge is 0.255 e. The fraction of sp³-hybridized carbons (Fsp3) is 0.182. The number of anilines is 2. The van der Waals surface area contributed by atoms with Gasteiger partial charge >= 0.3 is 0 Å². The predicted octanol–water partition coefficient (Wildman–Crippen LogP) is 4.51. The molecule has 1 amide bonds. The molecule has 0 aliphatic heterocycles. The summed E-state index contributed by atoms with van der Waals surface area (Å²) in [6.45, 7) is 2.59. The molecule has 2 aromatic carbocycles. The second kappa shape index (κ2) is 9.45. The summed E-state index contributed by atoms with van der Waals surface area (Å²) in [4.78, 5) is 16.7. The molecule has 0 saturated carbocycles. The summed E-state index contributed by atoms with van der Waals surface area (Å²) in [5.74, 6) is 1.83. The van der Waals surface area contributed by atoms with Crippen LogP contribution in [-0.2, 0) is 0 Å². The Labute approximate surface area is 169 Å². The van der Waals surface area contributed by atoms with E-state index >= 15 is 0 Å². The van der Waals surface area contributed by atoms with Gasteiger partial charge in [0.05, 0.1) is 31.3 Å². The average Bonchev–Trinajstić information content (AvgIpc) is 2.74. The third kappa shape index (κ3) is 5.16. The number of carbonyl (C=O) groups is 1. The molecule has 3 N–H and O–H groups in total. The second-order valence-corrected chi connectivity index (χ2v) is 6.19. The van der Waals surface area contributed by atoms with Crippen molar-refractivity contribution >= 4 is 17.3 Å². The van der Waals surface area contributed by atoms with Crippen LogP contribution in [0.4, 0.5) is 11.4 Å². The average molecular weight is 393 g/mol. The van der Waals surface area contributed by atoms with Gasteiger partial charge in [-0.05, 0) is 42.8 Å². The molecule has 0 saturated heterocycles. The van der Waals surface area contributed by atoms with Gasteiger partial charge in [-0.3, -0.25) is 4.79 Å². The molecule has 1 aromatic heterocycles. The van der Waals surface area contributed by atoms with E-state index in [1.165, 1.54) is 6.20 Å². The number of nitrogens with zero attached hydrogens (tertiary/aromatic N) is 1. The van der Waals surface area contributed by atoms with E-state index in [0.29, 0.717) is 46.7 Å². The molecular weight excluding hydrogens is 370 g/mol. The van der Waals surface area contributed by atoms with E-state index in [9.17, 15) is 4.79 Å². The largest absolute Gasteiger partial charge is 0.493 e. The minimum atomic E-state index is -0.293. The number of benzene rings is 2. The lowest BCUT2D eigenvalue weighted by Gasteiger charge is -2.11. The van der Waals surface area contributed by atoms with Crippen LogP contribution in [0.1, 0.15) is 23.7 Å². The standard InChI is InChI=1S/C22H23N3O4/c1-3-12-28-18-10-8-15(13-17(18)23)22(26)25-16-9-11-21(24-14-16)29-20-7-5-4-6-19(20)27-2/h4-11,13-14H,3,12,23H2,1-2H3,(H,25,26). The van der Waals surface area contributed by atoms with Gasteiger partial charge in [-0.25, -0.2) is 4.98 Å². The lowest BCUT2D eigenvalue weighted by molar-refractivity contribution is 0.102. The number of carbonyl (C=O) groups excluding carboxylic acids is 1. The molecule has 0 fully saturated rings. The van der Waals surface area contributed by atoms with Crippen molar-refractivity contribution in [2.75, 3.05) is 24.8 Å². The number of nitrogens with two attached hydrogens (primary N) is 1. The van der Waals surface area contributed by atoms with Crippen molar-refractivity contribution in [2.24, 2.45) is 0 Å². The molecule has 0 atom stereocenters. The molecule has 150 valence electrons. The molecule has 0 aliphatic carbocycles. The lowest BCUT2D eigenvalue weighted by Crippen LogP contribution is -2.12. The van der Waals surface area contributed by atoms with Crippen LogP contribution in [0.3, 0.4) is 0 Å². The molecule has 3 aromatic rings. The van der Waals surface area contributed by atoms with Crippen LogP contribution in [0.15, 0.2) is 60.8 Å². The number of pyridine rings is 1. The Bertz CT molecular complexity index is 974. The lowest BCUT2D eigenvalue weighted by atomic mass is 10.1. The second-order valence-electron chi connectivity index (χ2n) is 6.19. The highest BCUT2D eigenvalue weighted by atomic mass is 16.5. The van der Waals surface area contributed by atoms with E-state index in [4.69, 9.17) is 19.9 Å². The Kier molecular flexibility index (Phi) is 6.52. The van der Waals surface area contributed by atoms with Crippen molar-refractivity contribution in [1.82, 2.24) is 4.98 Å². The first-order chi connectivity index (χ1) is 14.1. The highest BCUT2D eigenvalue weighted by Gasteiger charge is 2.10. The van der Waals surface area contributed by atoms with Gasteiger partial charge in [0.2, 0.25) is 5.88 Å². The normalized spacial score (nSPS) is 10.3. The Morgan fingerprint density at radius 2 is 1.86 bits per heavy atom. The van der Waals surface area contributed by atoms with Crippen molar-refractivity contribution in [3.63, 3.8) is 0 Å². The van der Waals surface area contributed by atoms with Gasteiger partial charge in [0.15, 0.2) is 11.5 Å². The first kappa shape index (κ1) is 20.0. The summed E-state index contributed by atoms with van der Waals surface area (Å²) < 4.78 is 16.5. The first-order valence-electron chi connectivity index (χ1n) is 9.21. The molecule has 0 aliphatic rings. The van der Waals surface area contributed by atoms with Crippen LogP contribution < -0.4 is 25.3 Å². The van der Waals surface area contributed by atoms with Crippen LogP contribution >= 0.6 is 0 Å². The van der Waals surface area contributed by atoms with E-state index in [-0.39, 0.29) is 5.91 Å². The number of nitrogens with one attached hydrogen (secondary N) is 1. The molecule has 1 heterocycles. The van der Waals surface area contributed by atoms with Crippen LogP contribution in [0.25, 0.3) is 0 Å². The predicted molar refractivity (Wildman–Crippen MR) is 112 cm³/mol. The van der Waals surface area contributed by atoms with E-state index in [0.717, 1.165) is 6.42 Å². The minimum absolute atomic E-state index is 0.293. The Hall–Kier alpha value is -3.74. The van der Waals surface area contributed by atoms with Gasteiger partial charge in [0.1, 0.15) is 5.75 Å². The van der Waals surface area contributed by atoms with Crippen molar-refractivity contribution in [1.29, 1.82) is 0 Å². The molecule has 7 nitrogen and oxygen atoms in total. The number of aromatic nitrogens is 1. The number of methoxy groups -OCH3 is 1. The van der Waals surface area contributed by atoms with E-state index in [2.05, 4.69) is 10.3 Å². The van der Waals surface area contributed by atoms with Crippen molar-refractivity contribution in [3.05, 3.63) is 66.4 Å². The molecule has 29 heavy (non-hydrogen) atoms. The topological polar surface area (TPSA) is 95.7 Å². The van der Waals surface area contributed by atoms with Crippen LogP contribution in [0.2, 0.25) is 0 Å². The summed E-state index contributed by atoms with van der Waals surface area (Å²) in [7, 11) is 1.57. The Morgan fingerprint density at radius 1 is 1.07 bits per heavy atom. The molecule has 0 radical (unpaired) electrons. The monoisotopic (exact) mass is 393 g/mol. The number of ether oxygens (including phenoxy) is 3. The molecule has 0 unspecified atom stereocenters. The van der Waals surface area contributed by atoms with Crippen molar-refractivity contribution in [2.45, 2.75) is 13.3 Å². The molecular formula is C22H23N3O4. The summed E-state index contributed by atoms with van der Waals surface area (Å²) in [6.07, 6.45) is 2.40.